The van der Waals surface area contributed by atoms with Crippen molar-refractivity contribution in [2.75, 3.05) is 28.4 Å². The molecule has 8 rings (SSSR count). The Hall–Kier alpha value is -5.75. The van der Waals surface area contributed by atoms with Crippen molar-refractivity contribution in [3.63, 3.8) is 0 Å². The highest BCUT2D eigenvalue weighted by Crippen LogP contribution is 2.47. The highest BCUT2D eigenvalue weighted by atomic mass is 16.5. The number of carbonyl (C=O) groups excluding carboxylic acids is 1. The van der Waals surface area contributed by atoms with Crippen LogP contribution >= 0.6 is 0 Å². The van der Waals surface area contributed by atoms with Crippen molar-refractivity contribution in [2.45, 2.75) is 18.8 Å². The minimum absolute atomic E-state index is 0.0318. The van der Waals surface area contributed by atoms with Gasteiger partial charge in [-0.2, -0.15) is 0 Å². The van der Waals surface area contributed by atoms with E-state index in [2.05, 4.69) is 42.5 Å². The van der Waals surface area contributed by atoms with Gasteiger partial charge in [-0.05, 0) is 64.6 Å². The lowest BCUT2D eigenvalue weighted by atomic mass is 9.80. The van der Waals surface area contributed by atoms with Crippen molar-refractivity contribution in [1.29, 1.82) is 0 Å². The summed E-state index contributed by atoms with van der Waals surface area (Å²) in [6, 6.07) is 30.2. The molecule has 0 fully saturated rings. The van der Waals surface area contributed by atoms with Crippen LogP contribution < -0.4 is 19.9 Å². The molecular formula is C42H34O6. The van der Waals surface area contributed by atoms with Crippen LogP contribution in [0.15, 0.2) is 101 Å². The van der Waals surface area contributed by atoms with Gasteiger partial charge >= 0.3 is 5.97 Å². The highest BCUT2D eigenvalue weighted by Gasteiger charge is 2.31. The number of hydrogen-bond acceptors (Lipinski definition) is 6. The average molecular weight is 635 g/mol. The summed E-state index contributed by atoms with van der Waals surface area (Å²) in [4.78, 5) is 13.7. The van der Waals surface area contributed by atoms with E-state index in [4.69, 9.17) is 23.4 Å². The summed E-state index contributed by atoms with van der Waals surface area (Å²) in [7, 11) is 6.43. The molecule has 238 valence electrons. The molecule has 0 amide bonds. The Kier molecular flexibility index (Phi) is 7.29. The van der Waals surface area contributed by atoms with Crippen LogP contribution in [0.25, 0.3) is 61.6 Å². The smallest absolute Gasteiger partial charge is 0.339 e. The van der Waals surface area contributed by atoms with Gasteiger partial charge in [0.1, 0.15) is 17.1 Å². The monoisotopic (exact) mass is 634 g/mol. The highest BCUT2D eigenvalue weighted by molar-refractivity contribution is 6.17. The zero-order valence-electron chi connectivity index (χ0n) is 27.3. The van der Waals surface area contributed by atoms with Gasteiger partial charge < -0.3 is 23.4 Å². The quantitative estimate of drug-likeness (QED) is 0.165. The van der Waals surface area contributed by atoms with E-state index in [9.17, 15) is 4.79 Å². The van der Waals surface area contributed by atoms with Crippen LogP contribution in [0.3, 0.4) is 0 Å². The molecule has 0 radical (unpaired) electrons. The van der Waals surface area contributed by atoms with E-state index >= 15 is 0 Å². The molecule has 0 aliphatic heterocycles. The van der Waals surface area contributed by atoms with Crippen molar-refractivity contribution >= 4 is 45.1 Å². The van der Waals surface area contributed by atoms with Crippen LogP contribution in [0.4, 0.5) is 0 Å². The molecule has 1 atom stereocenters. The summed E-state index contributed by atoms with van der Waals surface area (Å²) in [5.41, 5.74) is 7.09. The van der Waals surface area contributed by atoms with E-state index in [1.54, 1.807) is 21.3 Å². The second kappa shape index (κ2) is 11.8. The van der Waals surface area contributed by atoms with Gasteiger partial charge in [-0.1, -0.05) is 84.5 Å². The van der Waals surface area contributed by atoms with Crippen LogP contribution in [0.1, 0.15) is 40.2 Å². The molecule has 1 aromatic heterocycles. The van der Waals surface area contributed by atoms with Crippen LogP contribution in [-0.4, -0.2) is 34.4 Å². The number of methoxy groups -OCH3 is 4. The number of benzene rings is 5. The predicted octanol–water partition coefficient (Wildman–Crippen LogP) is 8.23. The van der Waals surface area contributed by atoms with Crippen molar-refractivity contribution in [3.05, 3.63) is 124 Å². The van der Waals surface area contributed by atoms with Gasteiger partial charge in [0, 0.05) is 22.3 Å². The van der Waals surface area contributed by atoms with E-state index in [0.717, 1.165) is 56.5 Å². The van der Waals surface area contributed by atoms with Crippen molar-refractivity contribution in [2.24, 2.45) is 0 Å². The molecule has 2 aliphatic rings. The topological polar surface area (TPSA) is 67.1 Å². The van der Waals surface area contributed by atoms with Crippen LogP contribution in [0.2, 0.25) is 0 Å². The van der Waals surface area contributed by atoms with Crippen molar-refractivity contribution < 1.29 is 28.2 Å². The summed E-state index contributed by atoms with van der Waals surface area (Å²) in [5.74, 6) is 2.16. The summed E-state index contributed by atoms with van der Waals surface area (Å²) < 4.78 is 30.7. The summed E-state index contributed by atoms with van der Waals surface area (Å²) in [6.45, 7) is 0. The number of rotatable bonds is 7. The third kappa shape index (κ3) is 4.43. The summed E-state index contributed by atoms with van der Waals surface area (Å²) in [5, 5.41) is 4.36. The van der Waals surface area contributed by atoms with E-state index in [-0.39, 0.29) is 5.92 Å². The maximum Gasteiger partial charge on any atom is 0.339 e. The SMILES string of the molecule is COC(=O)c1c(-c2ccccc2)ccc2c(OC)ccc(-c3oc4c5c6c(cc4c3OC)C=CCC=6CC(c3ccccc3)C=5OC)c12. The maximum atomic E-state index is 13.7. The minimum Gasteiger partial charge on any atom is -0.500 e. The zero-order chi connectivity index (χ0) is 32.9. The van der Waals surface area contributed by atoms with E-state index in [1.807, 2.05) is 60.7 Å². The molecule has 0 saturated heterocycles. The van der Waals surface area contributed by atoms with Crippen molar-refractivity contribution in [3.8, 4) is 33.9 Å². The first-order valence-corrected chi connectivity index (χ1v) is 16.0. The average Bonchev–Trinajstić information content (AvgIpc) is 3.52. The van der Waals surface area contributed by atoms with Crippen LogP contribution in [-0.2, 0) is 9.47 Å². The lowest BCUT2D eigenvalue weighted by molar-refractivity contribution is 0.0604. The Morgan fingerprint density at radius 1 is 0.771 bits per heavy atom. The fourth-order valence-corrected chi connectivity index (χ4v) is 7.65. The first kappa shape index (κ1) is 29.6. The van der Waals surface area contributed by atoms with E-state index in [0.29, 0.717) is 39.4 Å². The van der Waals surface area contributed by atoms with E-state index in [1.165, 1.54) is 18.2 Å². The fraction of sp³-hybridized carbons (Fsp3) is 0.167. The van der Waals surface area contributed by atoms with Gasteiger partial charge in [-0.3, -0.25) is 0 Å². The number of furan rings is 1. The fourth-order valence-electron chi connectivity index (χ4n) is 7.65. The first-order chi connectivity index (χ1) is 23.6. The largest absolute Gasteiger partial charge is 0.500 e. The lowest BCUT2D eigenvalue weighted by Gasteiger charge is -2.27. The standard InChI is InChI=1S/C42H34O6/c1-44-33-21-20-30(35-29(33)19-18-28(36(35)42(43)47-4)24-12-7-5-8-13-24)41-40(46-3)32-23-27-17-11-16-26-22-31(25-14-9-6-10-15-25)38(45-2)37(34(26)27)39(32)48-41/h5-15,17-21,23,31H,16,22H2,1-4H3. The molecule has 0 N–H and O–H groups in total. The number of allylic oxidation sites excluding steroid dienone is 1. The van der Waals surface area contributed by atoms with Crippen LogP contribution in [0, 0.1) is 0 Å². The van der Waals surface area contributed by atoms with Gasteiger partial charge in [0.2, 0.25) is 0 Å². The molecule has 6 aromatic rings. The van der Waals surface area contributed by atoms with Gasteiger partial charge in [0.15, 0.2) is 11.5 Å². The molecule has 0 saturated carbocycles. The Morgan fingerprint density at radius 3 is 2.23 bits per heavy atom. The number of hydrogen-bond donors (Lipinski definition) is 0. The lowest BCUT2D eigenvalue weighted by Crippen LogP contribution is -2.38. The third-order valence-corrected chi connectivity index (χ3v) is 9.70. The second-order valence-corrected chi connectivity index (χ2v) is 12.1. The molecule has 6 nitrogen and oxygen atoms in total. The maximum absolute atomic E-state index is 13.7. The Bertz CT molecular complexity index is 2400. The molecule has 1 heterocycles. The van der Waals surface area contributed by atoms with Gasteiger partial charge in [0.05, 0.1) is 44.6 Å². The number of carbonyl (C=O) groups is 1. The second-order valence-electron chi connectivity index (χ2n) is 12.1. The zero-order valence-corrected chi connectivity index (χ0v) is 27.3. The molecule has 0 spiro atoms. The predicted molar refractivity (Wildman–Crippen MR) is 190 cm³/mol. The number of esters is 1. The number of ether oxygens (including phenoxy) is 4. The van der Waals surface area contributed by atoms with Gasteiger partial charge in [-0.15, -0.1) is 0 Å². The molecule has 48 heavy (non-hydrogen) atoms. The van der Waals surface area contributed by atoms with Gasteiger partial charge in [-0.25, -0.2) is 4.79 Å². The molecule has 1 unspecified atom stereocenters. The van der Waals surface area contributed by atoms with Crippen molar-refractivity contribution in [1.82, 2.24) is 0 Å². The van der Waals surface area contributed by atoms with Crippen LogP contribution in [0.5, 0.6) is 11.5 Å². The molecule has 0 bridgehead atoms. The molecule has 2 aliphatic carbocycles. The minimum atomic E-state index is -0.459. The Labute approximate surface area is 278 Å². The summed E-state index contributed by atoms with van der Waals surface area (Å²) in [6.07, 6.45) is 6.13. The Morgan fingerprint density at radius 2 is 1.52 bits per heavy atom. The molecule has 5 aromatic carbocycles. The molecule has 6 heteroatoms. The number of fused-ring (bicyclic) bond motifs is 3. The molecular weight excluding hydrogens is 600 g/mol. The summed E-state index contributed by atoms with van der Waals surface area (Å²) >= 11 is 0. The normalized spacial score (nSPS) is 15.0. The third-order valence-electron chi connectivity index (χ3n) is 9.70. The van der Waals surface area contributed by atoms with Gasteiger partial charge in [0.25, 0.3) is 0 Å². The van der Waals surface area contributed by atoms with E-state index < -0.39 is 5.97 Å². The Balaban J connectivity index is 1.51. The first-order valence-electron chi connectivity index (χ1n) is 16.0.